The van der Waals surface area contributed by atoms with Crippen LogP contribution in [0.4, 0.5) is 0 Å². The van der Waals surface area contributed by atoms with E-state index < -0.39 is 11.9 Å². The van der Waals surface area contributed by atoms with Gasteiger partial charge in [-0.2, -0.15) is 0 Å². The van der Waals surface area contributed by atoms with Crippen LogP contribution in [0.2, 0.25) is 0 Å². The molecule has 1 aliphatic heterocycles. The van der Waals surface area contributed by atoms with Gasteiger partial charge in [0.25, 0.3) is 0 Å². The van der Waals surface area contributed by atoms with Crippen LogP contribution in [0.5, 0.6) is 0 Å². The van der Waals surface area contributed by atoms with Crippen LogP contribution >= 0.6 is 22.6 Å². The first-order chi connectivity index (χ1) is 19.9. The summed E-state index contributed by atoms with van der Waals surface area (Å²) in [6.07, 6.45) is 11.0. The number of rotatable bonds is 10. The van der Waals surface area contributed by atoms with Crippen molar-refractivity contribution in [2.75, 3.05) is 13.2 Å². The van der Waals surface area contributed by atoms with E-state index in [1.165, 1.54) is 0 Å². The van der Waals surface area contributed by atoms with Gasteiger partial charge in [0.1, 0.15) is 17.3 Å². The normalized spacial score (nSPS) is 14.3. The zero-order valence-electron chi connectivity index (χ0n) is 22.2. The SMILES string of the molecule is CCOC(=O)c1ccc(/C=C/C2=NC(=C(\c3ccc(/C=C/c4ccc(C(=O)OCC)o4)[nH]3)c3ccc(I)o3)/C=C2)o1. The Morgan fingerprint density at radius 2 is 1.41 bits per heavy atom. The maximum Gasteiger partial charge on any atom is 0.374 e. The van der Waals surface area contributed by atoms with Gasteiger partial charge in [0, 0.05) is 5.69 Å². The number of nitrogens with zero attached hydrogens (tertiary/aromatic N) is 1. The molecule has 1 N–H and O–H groups in total. The summed E-state index contributed by atoms with van der Waals surface area (Å²) in [5, 5.41) is 0. The van der Waals surface area contributed by atoms with Gasteiger partial charge in [0.05, 0.1) is 35.9 Å². The molecule has 0 aromatic carbocycles. The minimum Gasteiger partial charge on any atom is -0.460 e. The Kier molecular flexibility index (Phi) is 8.68. The molecule has 208 valence electrons. The number of esters is 2. The molecule has 5 rings (SSSR count). The molecular formula is C31H25IN2O7. The summed E-state index contributed by atoms with van der Waals surface area (Å²) >= 11 is 2.13. The third-order valence-corrected chi connectivity index (χ3v) is 6.35. The van der Waals surface area contributed by atoms with E-state index in [0.717, 1.165) is 20.7 Å². The number of hydrogen-bond donors (Lipinski definition) is 1. The van der Waals surface area contributed by atoms with E-state index in [2.05, 4.69) is 27.6 Å². The molecule has 4 aromatic heterocycles. The number of carbonyl (C=O) groups excluding carboxylic acids is 2. The Morgan fingerprint density at radius 3 is 2.02 bits per heavy atom. The van der Waals surface area contributed by atoms with E-state index in [1.54, 1.807) is 56.3 Å². The molecule has 0 aliphatic carbocycles. The highest BCUT2D eigenvalue weighted by molar-refractivity contribution is 14.1. The number of carbonyl (C=O) groups is 2. The molecule has 5 heterocycles. The zero-order chi connectivity index (χ0) is 28.8. The van der Waals surface area contributed by atoms with Crippen molar-refractivity contribution in [3.05, 3.63) is 116 Å². The number of aliphatic imine (C=N–C) groups is 1. The summed E-state index contributed by atoms with van der Waals surface area (Å²) in [4.78, 5) is 31.9. The number of H-pyrrole nitrogens is 1. The van der Waals surface area contributed by atoms with E-state index in [0.29, 0.717) is 28.7 Å². The molecule has 1 aliphatic rings. The Morgan fingerprint density at radius 1 is 0.780 bits per heavy atom. The fourth-order valence-electron chi connectivity index (χ4n) is 3.96. The molecule has 0 bridgehead atoms. The van der Waals surface area contributed by atoms with Crippen molar-refractivity contribution in [3.8, 4) is 0 Å². The maximum absolute atomic E-state index is 11.9. The van der Waals surface area contributed by atoms with Crippen molar-refractivity contribution >= 4 is 64.0 Å². The topological polar surface area (TPSA) is 120 Å². The monoisotopic (exact) mass is 664 g/mol. The number of allylic oxidation sites excluding steroid dienone is 3. The summed E-state index contributed by atoms with van der Waals surface area (Å²) in [7, 11) is 0. The van der Waals surface area contributed by atoms with Crippen LogP contribution < -0.4 is 0 Å². The number of aromatic amines is 1. The molecule has 0 atom stereocenters. The number of hydrogen-bond acceptors (Lipinski definition) is 8. The van der Waals surface area contributed by atoms with Gasteiger partial charge in [-0.05, 0) is 121 Å². The molecule has 9 nitrogen and oxygen atoms in total. The minimum absolute atomic E-state index is 0.147. The van der Waals surface area contributed by atoms with Gasteiger partial charge in [-0.1, -0.05) is 0 Å². The van der Waals surface area contributed by atoms with Crippen LogP contribution in [0, 0.1) is 3.77 Å². The van der Waals surface area contributed by atoms with E-state index in [4.69, 9.17) is 27.7 Å². The standard InChI is InChI=1S/C31H25IN2O7/c1-3-37-30(35)26-15-11-21(39-26)9-5-19-7-13-23(33-19)29(25-17-18-28(32)41-25)24-14-8-20(34-24)6-10-22-12-16-27(40-22)31(36)38-4-2/h5-18,33H,3-4H2,1-2H3/b9-5+,10-6+,29-24+. The van der Waals surface area contributed by atoms with Gasteiger partial charge in [-0.3, -0.25) is 0 Å². The molecule has 0 saturated heterocycles. The smallest absolute Gasteiger partial charge is 0.374 e. The second kappa shape index (κ2) is 12.7. The quantitative estimate of drug-likeness (QED) is 0.139. The first-order valence-electron chi connectivity index (χ1n) is 12.8. The van der Waals surface area contributed by atoms with Gasteiger partial charge in [0.15, 0.2) is 3.77 Å². The predicted octanol–water partition coefficient (Wildman–Crippen LogP) is 7.41. The third kappa shape index (κ3) is 6.77. The molecule has 0 radical (unpaired) electrons. The van der Waals surface area contributed by atoms with Crippen LogP contribution in [-0.2, 0) is 9.47 Å². The van der Waals surface area contributed by atoms with Gasteiger partial charge >= 0.3 is 11.9 Å². The van der Waals surface area contributed by atoms with Crippen LogP contribution in [0.25, 0.3) is 23.8 Å². The molecule has 10 heteroatoms. The van der Waals surface area contributed by atoms with Crippen LogP contribution in [0.1, 0.15) is 63.6 Å². The van der Waals surface area contributed by atoms with E-state index in [9.17, 15) is 9.59 Å². The maximum atomic E-state index is 11.9. The first-order valence-corrected chi connectivity index (χ1v) is 13.9. The van der Waals surface area contributed by atoms with E-state index in [1.807, 2.05) is 42.5 Å². The van der Waals surface area contributed by atoms with Crippen LogP contribution in [-0.4, -0.2) is 35.8 Å². The second-order valence-corrected chi connectivity index (χ2v) is 9.64. The average Bonchev–Trinajstić information content (AvgIpc) is 3.79. The van der Waals surface area contributed by atoms with Crippen molar-refractivity contribution in [1.29, 1.82) is 0 Å². The highest BCUT2D eigenvalue weighted by Crippen LogP contribution is 2.32. The lowest BCUT2D eigenvalue weighted by Gasteiger charge is -2.05. The first kappa shape index (κ1) is 28.0. The number of halogens is 1. The molecule has 41 heavy (non-hydrogen) atoms. The summed E-state index contributed by atoms with van der Waals surface area (Å²) in [5.41, 5.74) is 3.83. The molecule has 0 saturated carbocycles. The Balaban J connectivity index is 1.38. The average molecular weight is 664 g/mol. The van der Waals surface area contributed by atoms with Crippen molar-refractivity contribution < 1.29 is 32.3 Å². The lowest BCUT2D eigenvalue weighted by atomic mass is 10.1. The van der Waals surface area contributed by atoms with Crippen molar-refractivity contribution in [2.45, 2.75) is 13.8 Å². The summed E-state index contributed by atoms with van der Waals surface area (Å²) < 4.78 is 27.7. The highest BCUT2D eigenvalue weighted by Gasteiger charge is 2.18. The summed E-state index contributed by atoms with van der Waals surface area (Å²) in [5.74, 6) is 0.996. The Labute approximate surface area is 249 Å². The second-order valence-electron chi connectivity index (χ2n) is 8.57. The van der Waals surface area contributed by atoms with Gasteiger partial charge in [-0.15, -0.1) is 0 Å². The fraction of sp³-hybridized carbons (Fsp3) is 0.129. The Bertz CT molecular complexity index is 1720. The largest absolute Gasteiger partial charge is 0.460 e. The van der Waals surface area contributed by atoms with E-state index in [-0.39, 0.29) is 24.7 Å². The molecule has 0 amide bonds. The molecule has 0 fully saturated rings. The van der Waals surface area contributed by atoms with Crippen LogP contribution in [0.15, 0.2) is 90.7 Å². The van der Waals surface area contributed by atoms with Gasteiger partial charge < -0.3 is 27.7 Å². The number of nitrogens with one attached hydrogen (secondary N) is 1. The minimum atomic E-state index is -0.501. The third-order valence-electron chi connectivity index (χ3n) is 5.77. The van der Waals surface area contributed by atoms with E-state index >= 15 is 0 Å². The molecular weight excluding hydrogens is 639 g/mol. The zero-order valence-corrected chi connectivity index (χ0v) is 24.3. The fourth-order valence-corrected chi connectivity index (χ4v) is 4.38. The summed E-state index contributed by atoms with van der Waals surface area (Å²) in [6.45, 7) is 4.04. The number of furan rings is 3. The molecule has 4 aromatic rings. The number of ether oxygens (including phenoxy) is 2. The van der Waals surface area contributed by atoms with Gasteiger partial charge in [0.2, 0.25) is 11.5 Å². The van der Waals surface area contributed by atoms with Gasteiger partial charge in [-0.25, -0.2) is 14.6 Å². The molecule has 0 unspecified atom stereocenters. The number of aromatic nitrogens is 1. The van der Waals surface area contributed by atoms with Crippen molar-refractivity contribution in [2.24, 2.45) is 4.99 Å². The summed E-state index contributed by atoms with van der Waals surface area (Å²) in [6, 6.07) is 14.2. The lowest BCUT2D eigenvalue weighted by molar-refractivity contribution is 0.0481. The van der Waals surface area contributed by atoms with Crippen LogP contribution in [0.3, 0.4) is 0 Å². The van der Waals surface area contributed by atoms with Crippen molar-refractivity contribution in [1.82, 2.24) is 4.98 Å². The van der Waals surface area contributed by atoms with Crippen molar-refractivity contribution in [3.63, 3.8) is 0 Å². The highest BCUT2D eigenvalue weighted by atomic mass is 127. The predicted molar refractivity (Wildman–Crippen MR) is 162 cm³/mol. The molecule has 0 spiro atoms. The lowest BCUT2D eigenvalue weighted by Crippen LogP contribution is -2.02. The Hall–Kier alpha value is -4.58.